The number of nitrogens with one attached hydrogen (secondary N) is 3. The number of nitrogens with zero attached hydrogens (tertiary/aromatic N) is 2. The van der Waals surface area contributed by atoms with Gasteiger partial charge in [-0.2, -0.15) is 5.10 Å². The maximum atomic E-state index is 11.8. The Morgan fingerprint density at radius 1 is 1.18 bits per heavy atom. The van der Waals surface area contributed by atoms with E-state index in [1.807, 2.05) is 42.5 Å². The van der Waals surface area contributed by atoms with Gasteiger partial charge in [0.15, 0.2) is 10.2 Å². The third-order valence-electron chi connectivity index (χ3n) is 3.61. The van der Waals surface area contributed by atoms with E-state index in [1.165, 1.54) is 18.0 Å². The van der Waals surface area contributed by atoms with Crippen LogP contribution in [0.25, 0.3) is 11.0 Å². The van der Waals surface area contributed by atoms with Crippen LogP contribution in [-0.2, 0) is 0 Å². The standard InChI is InChI=1S/C19H14BrN5O2S/c20-12-4-3-5-13(10-12)22-18(26)25-21-11-14-8-9-17(27-14)28-19-23-15-6-1-2-7-16(15)24-19/h1-11H,(H,23,24)(H2,22,25,26)/b21-11+. The molecule has 0 radical (unpaired) electrons. The minimum atomic E-state index is -0.446. The highest BCUT2D eigenvalue weighted by Gasteiger charge is 2.07. The average Bonchev–Trinajstić information content (AvgIpc) is 3.28. The SMILES string of the molecule is O=C(N/N=C/c1ccc(Sc2nc3ccccc3[nH]2)o1)Nc1cccc(Br)c1. The summed E-state index contributed by atoms with van der Waals surface area (Å²) in [5.41, 5.74) is 4.92. The third kappa shape index (κ3) is 4.62. The van der Waals surface area contributed by atoms with E-state index >= 15 is 0 Å². The summed E-state index contributed by atoms with van der Waals surface area (Å²) in [6, 6.07) is 18.2. The second kappa shape index (κ2) is 8.32. The zero-order chi connectivity index (χ0) is 19.3. The molecule has 0 aliphatic heterocycles. The number of para-hydroxylation sites is 2. The summed E-state index contributed by atoms with van der Waals surface area (Å²) in [5.74, 6) is 0.515. The molecule has 2 amide bonds. The number of benzene rings is 2. The van der Waals surface area contributed by atoms with Gasteiger partial charge in [0.25, 0.3) is 0 Å². The molecule has 0 saturated heterocycles. The van der Waals surface area contributed by atoms with Gasteiger partial charge in [0.2, 0.25) is 0 Å². The van der Waals surface area contributed by atoms with Crippen LogP contribution >= 0.6 is 27.7 Å². The Morgan fingerprint density at radius 3 is 2.93 bits per heavy atom. The van der Waals surface area contributed by atoms with Crippen LogP contribution in [0.3, 0.4) is 0 Å². The van der Waals surface area contributed by atoms with E-state index in [1.54, 1.807) is 18.2 Å². The molecule has 4 aromatic rings. The molecule has 0 bridgehead atoms. The van der Waals surface area contributed by atoms with Gasteiger partial charge in [-0.05, 0) is 54.2 Å². The van der Waals surface area contributed by atoms with Crippen LogP contribution in [0.4, 0.5) is 10.5 Å². The fourth-order valence-electron chi connectivity index (χ4n) is 2.41. The number of hydrazone groups is 1. The van der Waals surface area contributed by atoms with Gasteiger partial charge in [0.05, 0.1) is 17.2 Å². The average molecular weight is 456 g/mol. The first-order valence-corrected chi connectivity index (χ1v) is 9.85. The lowest BCUT2D eigenvalue weighted by Gasteiger charge is -2.03. The number of urea groups is 1. The molecule has 0 spiro atoms. The predicted octanol–water partition coefficient (Wildman–Crippen LogP) is 5.23. The molecule has 0 aliphatic carbocycles. The number of hydrogen-bond donors (Lipinski definition) is 3. The van der Waals surface area contributed by atoms with E-state index in [-0.39, 0.29) is 0 Å². The molecular weight excluding hydrogens is 442 g/mol. The normalized spacial score (nSPS) is 11.2. The van der Waals surface area contributed by atoms with Gasteiger partial charge in [-0.25, -0.2) is 15.2 Å². The van der Waals surface area contributed by atoms with E-state index in [0.29, 0.717) is 16.5 Å². The molecule has 4 rings (SSSR count). The summed E-state index contributed by atoms with van der Waals surface area (Å²) in [6.45, 7) is 0. The van der Waals surface area contributed by atoms with Crippen molar-refractivity contribution in [1.82, 2.24) is 15.4 Å². The molecular formula is C19H14BrN5O2S. The summed E-state index contributed by atoms with van der Waals surface area (Å²) in [4.78, 5) is 19.6. The van der Waals surface area contributed by atoms with Crippen LogP contribution in [0.15, 0.2) is 84.9 Å². The van der Waals surface area contributed by atoms with Crippen molar-refractivity contribution in [2.75, 3.05) is 5.32 Å². The molecule has 9 heteroatoms. The van der Waals surface area contributed by atoms with Gasteiger partial charge in [-0.1, -0.05) is 34.1 Å². The highest BCUT2D eigenvalue weighted by Crippen LogP contribution is 2.28. The Morgan fingerprint density at radius 2 is 2.07 bits per heavy atom. The number of carbonyl (C=O) groups excluding carboxylic acids is 1. The van der Waals surface area contributed by atoms with Crippen LogP contribution < -0.4 is 10.7 Å². The number of H-pyrrole nitrogens is 1. The van der Waals surface area contributed by atoms with Crippen molar-refractivity contribution >= 4 is 56.7 Å². The second-order valence-electron chi connectivity index (χ2n) is 5.65. The maximum Gasteiger partial charge on any atom is 0.339 e. The number of fused-ring (bicyclic) bond motifs is 1. The summed E-state index contributed by atoms with van der Waals surface area (Å²) >= 11 is 4.73. The molecule has 2 heterocycles. The third-order valence-corrected chi connectivity index (χ3v) is 4.91. The Balaban J connectivity index is 1.33. The molecule has 0 fully saturated rings. The Bertz CT molecular complexity index is 1120. The van der Waals surface area contributed by atoms with Crippen molar-refractivity contribution in [2.24, 2.45) is 5.10 Å². The fourth-order valence-corrected chi connectivity index (χ4v) is 3.58. The number of amides is 2. The van der Waals surface area contributed by atoms with Gasteiger partial charge in [-0.3, -0.25) is 0 Å². The molecule has 7 nitrogen and oxygen atoms in total. The first kappa shape index (κ1) is 18.3. The number of aromatic amines is 1. The van der Waals surface area contributed by atoms with Gasteiger partial charge in [0, 0.05) is 10.2 Å². The van der Waals surface area contributed by atoms with Gasteiger partial charge < -0.3 is 14.7 Å². The summed E-state index contributed by atoms with van der Waals surface area (Å²) in [6.07, 6.45) is 1.43. The van der Waals surface area contributed by atoms with Crippen molar-refractivity contribution < 1.29 is 9.21 Å². The minimum absolute atomic E-state index is 0.446. The highest BCUT2D eigenvalue weighted by molar-refractivity contribution is 9.10. The van der Waals surface area contributed by atoms with Crippen LogP contribution in [-0.4, -0.2) is 22.2 Å². The van der Waals surface area contributed by atoms with E-state index in [0.717, 1.165) is 20.7 Å². The molecule has 28 heavy (non-hydrogen) atoms. The lowest BCUT2D eigenvalue weighted by atomic mass is 10.3. The molecule has 0 atom stereocenters. The van der Waals surface area contributed by atoms with Gasteiger partial charge in [0.1, 0.15) is 5.76 Å². The Hall–Kier alpha value is -3.04. The van der Waals surface area contributed by atoms with Crippen molar-refractivity contribution in [1.29, 1.82) is 0 Å². The summed E-state index contributed by atoms with van der Waals surface area (Å²) in [7, 11) is 0. The van der Waals surface area contributed by atoms with Crippen molar-refractivity contribution in [2.45, 2.75) is 10.2 Å². The van der Waals surface area contributed by atoms with Crippen molar-refractivity contribution in [3.05, 3.63) is 70.9 Å². The maximum absolute atomic E-state index is 11.8. The van der Waals surface area contributed by atoms with E-state index in [9.17, 15) is 4.79 Å². The Kier molecular flexibility index (Phi) is 5.45. The lowest BCUT2D eigenvalue weighted by molar-refractivity contribution is 0.252. The van der Waals surface area contributed by atoms with E-state index in [2.05, 4.69) is 41.7 Å². The number of anilines is 1. The molecule has 2 aromatic heterocycles. The topological polar surface area (TPSA) is 95.3 Å². The summed E-state index contributed by atoms with van der Waals surface area (Å²) < 4.78 is 6.55. The van der Waals surface area contributed by atoms with E-state index in [4.69, 9.17) is 4.42 Å². The first-order valence-electron chi connectivity index (χ1n) is 8.24. The zero-order valence-electron chi connectivity index (χ0n) is 14.3. The van der Waals surface area contributed by atoms with Crippen LogP contribution in [0.2, 0.25) is 0 Å². The number of imidazole rings is 1. The predicted molar refractivity (Wildman–Crippen MR) is 113 cm³/mol. The van der Waals surface area contributed by atoms with Gasteiger partial charge >= 0.3 is 6.03 Å². The number of furan rings is 1. The van der Waals surface area contributed by atoms with Crippen LogP contribution in [0.1, 0.15) is 5.76 Å². The number of carbonyl (C=O) groups is 1. The number of rotatable bonds is 5. The number of halogens is 1. The minimum Gasteiger partial charge on any atom is -0.448 e. The summed E-state index contributed by atoms with van der Waals surface area (Å²) in [5, 5.41) is 7.98. The molecule has 0 aliphatic rings. The first-order chi connectivity index (χ1) is 13.7. The second-order valence-corrected chi connectivity index (χ2v) is 7.56. The fraction of sp³-hybridized carbons (Fsp3) is 0. The Labute approximate surface area is 172 Å². The molecule has 0 saturated carbocycles. The monoisotopic (exact) mass is 455 g/mol. The molecule has 2 aromatic carbocycles. The lowest BCUT2D eigenvalue weighted by Crippen LogP contribution is -2.24. The van der Waals surface area contributed by atoms with Crippen LogP contribution in [0.5, 0.6) is 0 Å². The van der Waals surface area contributed by atoms with Gasteiger partial charge in [-0.15, -0.1) is 0 Å². The largest absolute Gasteiger partial charge is 0.448 e. The highest BCUT2D eigenvalue weighted by atomic mass is 79.9. The molecule has 140 valence electrons. The number of aromatic nitrogens is 2. The number of hydrogen-bond acceptors (Lipinski definition) is 5. The van der Waals surface area contributed by atoms with E-state index < -0.39 is 6.03 Å². The smallest absolute Gasteiger partial charge is 0.339 e. The van der Waals surface area contributed by atoms with Crippen molar-refractivity contribution in [3.8, 4) is 0 Å². The molecule has 3 N–H and O–H groups in total. The van der Waals surface area contributed by atoms with Crippen molar-refractivity contribution in [3.63, 3.8) is 0 Å². The van der Waals surface area contributed by atoms with Crippen LogP contribution in [0, 0.1) is 0 Å². The molecule has 0 unspecified atom stereocenters. The zero-order valence-corrected chi connectivity index (χ0v) is 16.8. The quantitative estimate of drug-likeness (QED) is 0.283.